The van der Waals surface area contributed by atoms with Crippen LogP contribution in [0.3, 0.4) is 0 Å². The first kappa shape index (κ1) is 17.0. The SMILES string of the molecule is O=C(NCc1ccccc1Cl)c1ccc(NCc2ccccc2)cn1. The van der Waals surface area contributed by atoms with E-state index in [-0.39, 0.29) is 5.91 Å². The molecular formula is C20H18ClN3O. The fourth-order valence-corrected chi connectivity index (χ4v) is 2.54. The van der Waals surface area contributed by atoms with E-state index in [0.717, 1.165) is 11.3 Å². The van der Waals surface area contributed by atoms with Crippen LogP contribution in [0.4, 0.5) is 5.69 Å². The predicted molar refractivity (Wildman–Crippen MR) is 101 cm³/mol. The molecule has 0 radical (unpaired) electrons. The zero-order valence-electron chi connectivity index (χ0n) is 13.6. The molecule has 25 heavy (non-hydrogen) atoms. The average Bonchev–Trinajstić information content (AvgIpc) is 2.67. The highest BCUT2D eigenvalue weighted by Crippen LogP contribution is 2.14. The van der Waals surface area contributed by atoms with Gasteiger partial charge in [0.15, 0.2) is 0 Å². The molecule has 1 amide bonds. The second-order valence-corrected chi connectivity index (χ2v) is 5.95. The summed E-state index contributed by atoms with van der Waals surface area (Å²) < 4.78 is 0. The van der Waals surface area contributed by atoms with Crippen molar-refractivity contribution in [3.8, 4) is 0 Å². The number of carbonyl (C=O) groups is 1. The molecule has 126 valence electrons. The van der Waals surface area contributed by atoms with Crippen LogP contribution >= 0.6 is 11.6 Å². The molecule has 2 aromatic carbocycles. The molecule has 0 aliphatic rings. The van der Waals surface area contributed by atoms with Gasteiger partial charge in [0.25, 0.3) is 5.91 Å². The summed E-state index contributed by atoms with van der Waals surface area (Å²) in [7, 11) is 0. The number of halogens is 1. The van der Waals surface area contributed by atoms with E-state index in [2.05, 4.69) is 27.8 Å². The maximum Gasteiger partial charge on any atom is 0.270 e. The third kappa shape index (κ3) is 4.81. The molecule has 3 aromatic rings. The summed E-state index contributed by atoms with van der Waals surface area (Å²) in [5.41, 5.74) is 3.30. The Kier molecular flexibility index (Phi) is 5.65. The molecule has 2 N–H and O–H groups in total. The zero-order valence-corrected chi connectivity index (χ0v) is 14.3. The molecule has 0 fully saturated rings. The Morgan fingerprint density at radius 1 is 0.920 bits per heavy atom. The summed E-state index contributed by atoms with van der Waals surface area (Å²) in [6.07, 6.45) is 1.66. The van der Waals surface area contributed by atoms with Gasteiger partial charge in [0.2, 0.25) is 0 Å². The number of hydrogen-bond donors (Lipinski definition) is 2. The van der Waals surface area contributed by atoms with Crippen molar-refractivity contribution in [2.75, 3.05) is 5.32 Å². The van der Waals surface area contributed by atoms with E-state index in [1.807, 2.05) is 42.5 Å². The van der Waals surface area contributed by atoms with Gasteiger partial charge in [0.05, 0.1) is 11.9 Å². The van der Waals surface area contributed by atoms with Crippen molar-refractivity contribution in [1.29, 1.82) is 0 Å². The highest BCUT2D eigenvalue weighted by molar-refractivity contribution is 6.31. The molecule has 5 heteroatoms. The Balaban J connectivity index is 1.54. The highest BCUT2D eigenvalue weighted by Gasteiger charge is 2.08. The Morgan fingerprint density at radius 2 is 1.68 bits per heavy atom. The van der Waals surface area contributed by atoms with Crippen LogP contribution < -0.4 is 10.6 Å². The molecule has 4 nitrogen and oxygen atoms in total. The summed E-state index contributed by atoms with van der Waals surface area (Å²) in [5, 5.41) is 6.74. The summed E-state index contributed by atoms with van der Waals surface area (Å²) in [5.74, 6) is -0.227. The maximum atomic E-state index is 12.2. The van der Waals surface area contributed by atoms with Gasteiger partial charge >= 0.3 is 0 Å². The van der Waals surface area contributed by atoms with Crippen molar-refractivity contribution in [1.82, 2.24) is 10.3 Å². The lowest BCUT2D eigenvalue weighted by atomic mass is 10.2. The van der Waals surface area contributed by atoms with Gasteiger partial charge in [-0.05, 0) is 29.3 Å². The van der Waals surface area contributed by atoms with E-state index in [4.69, 9.17) is 11.6 Å². The number of nitrogens with zero attached hydrogens (tertiary/aromatic N) is 1. The molecule has 0 aliphatic heterocycles. The van der Waals surface area contributed by atoms with Gasteiger partial charge in [-0.25, -0.2) is 4.98 Å². The van der Waals surface area contributed by atoms with Crippen molar-refractivity contribution < 1.29 is 4.79 Å². The zero-order chi connectivity index (χ0) is 17.5. The summed E-state index contributed by atoms with van der Waals surface area (Å²) >= 11 is 6.08. The molecule has 0 saturated heterocycles. The molecule has 0 unspecified atom stereocenters. The van der Waals surface area contributed by atoms with Crippen molar-refractivity contribution in [3.05, 3.63) is 94.8 Å². The summed E-state index contributed by atoms with van der Waals surface area (Å²) in [6, 6.07) is 21.1. The number of pyridine rings is 1. The largest absolute Gasteiger partial charge is 0.380 e. The van der Waals surface area contributed by atoms with Crippen LogP contribution in [-0.4, -0.2) is 10.9 Å². The number of aromatic nitrogens is 1. The second-order valence-electron chi connectivity index (χ2n) is 5.55. The molecule has 3 rings (SSSR count). The Labute approximate surface area is 151 Å². The second kappa shape index (κ2) is 8.31. The number of anilines is 1. The van der Waals surface area contributed by atoms with Crippen LogP contribution in [0.15, 0.2) is 72.9 Å². The Morgan fingerprint density at radius 3 is 2.40 bits per heavy atom. The molecule has 0 spiro atoms. The van der Waals surface area contributed by atoms with Crippen LogP contribution in [-0.2, 0) is 13.1 Å². The van der Waals surface area contributed by atoms with Gasteiger partial charge in [-0.3, -0.25) is 4.79 Å². The van der Waals surface area contributed by atoms with Crippen LogP contribution in [0.5, 0.6) is 0 Å². The first-order chi connectivity index (χ1) is 12.2. The maximum absolute atomic E-state index is 12.2. The lowest BCUT2D eigenvalue weighted by molar-refractivity contribution is 0.0946. The minimum atomic E-state index is -0.227. The van der Waals surface area contributed by atoms with Gasteiger partial charge in [-0.15, -0.1) is 0 Å². The minimum Gasteiger partial charge on any atom is -0.380 e. The fourth-order valence-electron chi connectivity index (χ4n) is 2.34. The molecule has 1 heterocycles. The third-order valence-electron chi connectivity index (χ3n) is 3.73. The molecular weight excluding hydrogens is 334 g/mol. The van der Waals surface area contributed by atoms with Gasteiger partial charge < -0.3 is 10.6 Å². The van der Waals surface area contributed by atoms with Crippen LogP contribution in [0, 0.1) is 0 Å². The number of benzene rings is 2. The molecule has 0 atom stereocenters. The molecule has 1 aromatic heterocycles. The van der Waals surface area contributed by atoms with Crippen molar-refractivity contribution in [2.45, 2.75) is 13.1 Å². The van der Waals surface area contributed by atoms with Gasteiger partial charge in [-0.2, -0.15) is 0 Å². The van der Waals surface area contributed by atoms with Crippen molar-refractivity contribution in [2.24, 2.45) is 0 Å². The topological polar surface area (TPSA) is 54.0 Å². The summed E-state index contributed by atoms with van der Waals surface area (Å²) in [6.45, 7) is 1.08. The number of hydrogen-bond acceptors (Lipinski definition) is 3. The van der Waals surface area contributed by atoms with Crippen LogP contribution in [0.25, 0.3) is 0 Å². The highest BCUT2D eigenvalue weighted by atomic mass is 35.5. The standard InChI is InChI=1S/C20H18ClN3O/c21-18-9-5-4-8-16(18)13-24-20(25)19-11-10-17(14-23-19)22-12-15-6-2-1-3-7-15/h1-11,14,22H,12-13H2,(H,24,25). The lowest BCUT2D eigenvalue weighted by Gasteiger charge is -2.08. The first-order valence-electron chi connectivity index (χ1n) is 7.98. The Bertz CT molecular complexity index is 835. The van der Waals surface area contributed by atoms with Crippen LogP contribution in [0.1, 0.15) is 21.6 Å². The van der Waals surface area contributed by atoms with E-state index in [0.29, 0.717) is 23.8 Å². The van der Waals surface area contributed by atoms with Crippen molar-refractivity contribution >= 4 is 23.2 Å². The number of nitrogens with one attached hydrogen (secondary N) is 2. The smallest absolute Gasteiger partial charge is 0.270 e. The predicted octanol–water partition coefficient (Wildman–Crippen LogP) is 4.28. The average molecular weight is 352 g/mol. The van der Waals surface area contributed by atoms with E-state index in [9.17, 15) is 4.79 Å². The Hall–Kier alpha value is -2.85. The quantitative estimate of drug-likeness (QED) is 0.697. The minimum absolute atomic E-state index is 0.227. The monoisotopic (exact) mass is 351 g/mol. The van der Waals surface area contributed by atoms with Gasteiger partial charge in [-0.1, -0.05) is 60.1 Å². The van der Waals surface area contributed by atoms with Crippen LogP contribution in [0.2, 0.25) is 5.02 Å². The summed E-state index contributed by atoms with van der Waals surface area (Å²) in [4.78, 5) is 16.4. The fraction of sp³-hybridized carbons (Fsp3) is 0.100. The van der Waals surface area contributed by atoms with E-state index < -0.39 is 0 Å². The third-order valence-corrected chi connectivity index (χ3v) is 4.10. The number of amides is 1. The van der Waals surface area contributed by atoms with E-state index >= 15 is 0 Å². The van der Waals surface area contributed by atoms with Gasteiger partial charge in [0, 0.05) is 18.1 Å². The molecule has 0 bridgehead atoms. The van der Waals surface area contributed by atoms with E-state index in [1.54, 1.807) is 18.3 Å². The first-order valence-corrected chi connectivity index (χ1v) is 8.35. The molecule has 0 aliphatic carbocycles. The molecule has 0 saturated carbocycles. The number of carbonyl (C=O) groups excluding carboxylic acids is 1. The normalized spacial score (nSPS) is 10.3. The lowest BCUT2D eigenvalue weighted by Crippen LogP contribution is -2.23. The van der Waals surface area contributed by atoms with E-state index in [1.165, 1.54) is 5.56 Å². The number of rotatable bonds is 6. The van der Waals surface area contributed by atoms with Gasteiger partial charge in [0.1, 0.15) is 5.69 Å². The van der Waals surface area contributed by atoms with Crippen molar-refractivity contribution in [3.63, 3.8) is 0 Å².